The zero-order chi connectivity index (χ0) is 20.6. The van der Waals surface area contributed by atoms with Gasteiger partial charge in [0, 0.05) is 24.2 Å². The van der Waals surface area contributed by atoms with E-state index in [1.807, 2.05) is 30.3 Å². The van der Waals surface area contributed by atoms with Crippen molar-refractivity contribution in [2.24, 2.45) is 0 Å². The van der Waals surface area contributed by atoms with E-state index in [1.54, 1.807) is 20.8 Å². The fraction of sp³-hybridized carbons (Fsp3) is 0.333. The van der Waals surface area contributed by atoms with Crippen LogP contribution in [-0.4, -0.2) is 45.6 Å². The molecule has 0 aliphatic carbocycles. The molecule has 3 rings (SSSR count). The van der Waals surface area contributed by atoms with Crippen molar-refractivity contribution in [1.82, 2.24) is 9.80 Å². The molecule has 1 saturated heterocycles. The number of aryl methyl sites for hydroxylation is 1. The summed E-state index contributed by atoms with van der Waals surface area (Å²) in [5.74, 6) is -1.52. The first kappa shape index (κ1) is 19.9. The van der Waals surface area contributed by atoms with Gasteiger partial charge in [-0.15, -0.1) is 0 Å². The van der Waals surface area contributed by atoms with E-state index in [2.05, 4.69) is 0 Å². The second-order valence-corrected chi connectivity index (χ2v) is 6.94. The van der Waals surface area contributed by atoms with Crippen molar-refractivity contribution in [2.45, 2.75) is 33.6 Å². The van der Waals surface area contributed by atoms with Crippen LogP contribution in [0.5, 0.6) is 0 Å². The van der Waals surface area contributed by atoms with Gasteiger partial charge in [-0.25, -0.2) is 0 Å². The number of carbonyl (C=O) groups is 3. The third-order valence-corrected chi connectivity index (χ3v) is 5.36. The Morgan fingerprint density at radius 1 is 1.07 bits per heavy atom. The average molecular weight is 398 g/mol. The highest BCUT2D eigenvalue weighted by molar-refractivity contribution is 7.80. The van der Waals surface area contributed by atoms with E-state index in [9.17, 15) is 14.4 Å². The lowest BCUT2D eigenvalue weighted by Crippen LogP contribution is -2.58. The van der Waals surface area contributed by atoms with Crippen LogP contribution in [0.15, 0.2) is 34.7 Å². The van der Waals surface area contributed by atoms with Crippen LogP contribution in [0.3, 0.4) is 0 Å². The Kier molecular flexibility index (Phi) is 5.47. The number of furan rings is 1. The molecule has 2 amide bonds. The van der Waals surface area contributed by atoms with Gasteiger partial charge in [-0.1, -0.05) is 30.3 Å². The molecule has 28 heavy (non-hydrogen) atoms. The summed E-state index contributed by atoms with van der Waals surface area (Å²) in [6.45, 7) is 7.36. The van der Waals surface area contributed by atoms with Crippen molar-refractivity contribution in [2.75, 3.05) is 13.1 Å². The quantitative estimate of drug-likeness (QED) is 0.438. The molecule has 1 aromatic carbocycles. The second kappa shape index (κ2) is 7.67. The van der Waals surface area contributed by atoms with Gasteiger partial charge in [0.1, 0.15) is 17.4 Å². The minimum Gasteiger partial charge on any atom is -0.460 e. The molecule has 146 valence electrons. The first-order valence-electron chi connectivity index (χ1n) is 9.19. The van der Waals surface area contributed by atoms with E-state index in [-0.39, 0.29) is 16.5 Å². The van der Waals surface area contributed by atoms with Crippen LogP contribution in [0.4, 0.5) is 0 Å². The lowest BCUT2D eigenvalue weighted by atomic mass is 9.87. The smallest absolute Gasteiger partial charge is 0.246 e. The maximum absolute atomic E-state index is 13.2. The van der Waals surface area contributed by atoms with E-state index < -0.39 is 17.7 Å². The summed E-state index contributed by atoms with van der Waals surface area (Å²) in [7, 11) is 0. The molecule has 2 aromatic rings. The van der Waals surface area contributed by atoms with Crippen molar-refractivity contribution in [1.29, 1.82) is 0 Å². The number of hydrogen-bond donors (Lipinski definition) is 0. The van der Waals surface area contributed by atoms with Gasteiger partial charge in [-0.2, -0.15) is 0 Å². The zero-order valence-corrected chi connectivity index (χ0v) is 17.1. The monoisotopic (exact) mass is 398 g/mol. The molecule has 1 fully saturated rings. The fourth-order valence-corrected chi connectivity index (χ4v) is 4.10. The molecule has 1 aliphatic heterocycles. The topological polar surface area (TPSA) is 70.8 Å². The number of hydrogen-bond acceptors (Lipinski definition) is 5. The Balaban J connectivity index is 2.29. The van der Waals surface area contributed by atoms with Crippen molar-refractivity contribution >= 4 is 34.9 Å². The molecule has 0 unspecified atom stereocenters. The van der Waals surface area contributed by atoms with Crippen LogP contribution in [0.25, 0.3) is 11.3 Å². The van der Waals surface area contributed by atoms with E-state index in [1.165, 1.54) is 16.7 Å². The third kappa shape index (κ3) is 3.05. The summed E-state index contributed by atoms with van der Waals surface area (Å²) in [5, 5.41) is 0.196. The van der Waals surface area contributed by atoms with E-state index in [4.69, 9.17) is 16.6 Å². The van der Waals surface area contributed by atoms with Crippen LogP contribution < -0.4 is 0 Å². The number of rotatable bonds is 5. The van der Waals surface area contributed by atoms with E-state index in [0.717, 1.165) is 0 Å². The first-order chi connectivity index (χ1) is 13.3. The zero-order valence-electron chi connectivity index (χ0n) is 16.3. The van der Waals surface area contributed by atoms with Gasteiger partial charge >= 0.3 is 0 Å². The predicted octanol–water partition coefficient (Wildman–Crippen LogP) is 3.54. The molecule has 0 spiro atoms. The van der Waals surface area contributed by atoms with Gasteiger partial charge in [0.15, 0.2) is 10.9 Å². The average Bonchev–Trinajstić information content (AvgIpc) is 3.00. The van der Waals surface area contributed by atoms with Crippen molar-refractivity contribution in [3.63, 3.8) is 0 Å². The Morgan fingerprint density at radius 2 is 1.61 bits per heavy atom. The molecular weight excluding hydrogens is 376 g/mol. The van der Waals surface area contributed by atoms with Crippen molar-refractivity contribution in [3.8, 4) is 11.3 Å². The Bertz CT molecular complexity index is 938. The van der Waals surface area contributed by atoms with Crippen molar-refractivity contribution < 1.29 is 18.8 Å². The lowest BCUT2D eigenvalue weighted by Gasteiger charge is -2.38. The first-order valence-corrected chi connectivity index (χ1v) is 9.60. The predicted molar refractivity (Wildman–Crippen MR) is 109 cm³/mol. The maximum Gasteiger partial charge on any atom is 0.246 e. The highest BCUT2D eigenvalue weighted by Crippen LogP contribution is 2.40. The lowest BCUT2D eigenvalue weighted by molar-refractivity contribution is -0.142. The molecule has 6 nitrogen and oxygen atoms in total. The fourth-order valence-electron chi connectivity index (χ4n) is 3.66. The number of thiocarbonyl (C=S) groups is 1. The Morgan fingerprint density at radius 3 is 2.07 bits per heavy atom. The van der Waals surface area contributed by atoms with Crippen LogP contribution in [0.2, 0.25) is 0 Å². The molecule has 0 bridgehead atoms. The molecule has 1 aliphatic rings. The van der Waals surface area contributed by atoms with Crippen molar-refractivity contribution in [3.05, 3.63) is 47.2 Å². The highest BCUT2D eigenvalue weighted by Gasteiger charge is 2.47. The summed E-state index contributed by atoms with van der Waals surface area (Å²) >= 11 is 5.34. The molecule has 0 saturated carbocycles. The van der Waals surface area contributed by atoms with Gasteiger partial charge in [0.25, 0.3) is 0 Å². The Hall–Kier alpha value is -2.80. The minimum absolute atomic E-state index is 0.196. The van der Waals surface area contributed by atoms with Crippen LogP contribution in [-0.2, 0) is 9.59 Å². The molecule has 0 radical (unpaired) electrons. The summed E-state index contributed by atoms with van der Waals surface area (Å²) < 4.78 is 5.91. The number of likely N-dealkylation sites (N-methyl/N-ethyl adjacent to an activating group) is 2. The molecule has 0 atom stereocenters. The van der Waals surface area contributed by atoms with Gasteiger partial charge in [-0.3, -0.25) is 24.2 Å². The maximum atomic E-state index is 13.2. The summed E-state index contributed by atoms with van der Waals surface area (Å²) in [5.41, 5.74) is 1.31. The minimum atomic E-state index is -1.17. The molecule has 1 aromatic heterocycles. The SMILES string of the molecule is CCN1C(=O)C(c2c(-c3ccccc3)oc(C)c2C(C)=O)C(=O)N(CC)C1=S. The highest BCUT2D eigenvalue weighted by atomic mass is 32.1. The largest absolute Gasteiger partial charge is 0.460 e. The normalized spacial score (nSPS) is 15.5. The number of nitrogens with zero attached hydrogens (tertiary/aromatic N) is 2. The molecule has 2 heterocycles. The Labute approximate surface area is 169 Å². The van der Waals surface area contributed by atoms with E-state index in [0.29, 0.717) is 35.7 Å². The number of benzene rings is 1. The van der Waals surface area contributed by atoms with Gasteiger partial charge in [-0.05, 0) is 39.9 Å². The van der Waals surface area contributed by atoms with Crippen LogP contribution in [0, 0.1) is 6.92 Å². The summed E-state index contributed by atoms with van der Waals surface area (Å²) in [6, 6.07) is 9.17. The number of ketones is 1. The molecular formula is C21H22N2O4S. The summed E-state index contributed by atoms with van der Waals surface area (Å²) in [6.07, 6.45) is 0. The second-order valence-electron chi connectivity index (χ2n) is 6.58. The van der Waals surface area contributed by atoms with Crippen LogP contribution >= 0.6 is 12.2 Å². The van der Waals surface area contributed by atoms with E-state index >= 15 is 0 Å². The van der Waals surface area contributed by atoms with Gasteiger partial charge in [0.2, 0.25) is 11.8 Å². The molecule has 0 N–H and O–H groups in total. The standard InChI is InChI=1S/C21H22N2O4S/c1-5-22-19(25)17(20(26)23(6-2)21(22)28)16-15(12(3)24)13(4)27-18(16)14-10-8-7-9-11-14/h7-11,17H,5-6H2,1-4H3. The van der Waals surface area contributed by atoms with Gasteiger partial charge in [0.05, 0.1) is 5.56 Å². The van der Waals surface area contributed by atoms with Gasteiger partial charge < -0.3 is 4.42 Å². The number of carbonyl (C=O) groups excluding carboxylic acids is 3. The molecule has 7 heteroatoms. The van der Waals surface area contributed by atoms with Crippen LogP contribution in [0.1, 0.15) is 48.4 Å². The number of amides is 2. The third-order valence-electron chi connectivity index (χ3n) is 4.92. The number of Topliss-reactive ketones (excluding diaryl/α,β-unsaturated/α-hetero) is 1. The summed E-state index contributed by atoms with van der Waals surface area (Å²) in [4.78, 5) is 41.7.